The molecular weight excluding hydrogens is 226 g/mol. The maximum Gasteiger partial charge on any atom is 0.253 e. The Morgan fingerprint density at radius 1 is 1.00 bits per heavy atom. The van der Waals surface area contributed by atoms with E-state index >= 15 is 0 Å². The molecule has 0 saturated heterocycles. The van der Waals surface area contributed by atoms with Crippen LogP contribution in [0.4, 0.5) is 15.5 Å². The second kappa shape index (κ2) is 2.17. The average molecular weight is 230 g/mol. The van der Waals surface area contributed by atoms with Crippen LogP contribution in [-0.4, -0.2) is 7.85 Å². The SMILES string of the molecule is [B]c1ccc(S(F)(F)(F)(F)Cl)cc1. The van der Waals surface area contributed by atoms with Crippen LogP contribution in [0.1, 0.15) is 0 Å². The number of benzene rings is 1. The van der Waals surface area contributed by atoms with Crippen molar-refractivity contribution in [2.75, 3.05) is 0 Å². The second-order valence-electron chi connectivity index (χ2n) is 2.54. The smallest absolute Gasteiger partial charge is 0.107 e. The van der Waals surface area contributed by atoms with Crippen LogP contribution >= 0.6 is 19.7 Å². The van der Waals surface area contributed by atoms with Gasteiger partial charge in [-0.3, -0.25) is 0 Å². The first kappa shape index (κ1) is 10.7. The lowest BCUT2D eigenvalue weighted by Gasteiger charge is -2.42. The van der Waals surface area contributed by atoms with Crippen molar-refractivity contribution in [2.45, 2.75) is 4.90 Å². The average Bonchev–Trinajstić information content (AvgIpc) is 1.82. The summed E-state index contributed by atoms with van der Waals surface area (Å²) in [7, 11) is 0.633. The van der Waals surface area contributed by atoms with Gasteiger partial charge in [0.05, 0.1) is 4.90 Å². The monoisotopic (exact) mass is 230 g/mol. The van der Waals surface area contributed by atoms with E-state index in [0.717, 1.165) is 12.1 Å². The predicted molar refractivity (Wildman–Crippen MR) is 48.0 cm³/mol. The largest absolute Gasteiger partial charge is 0.253 e. The van der Waals surface area contributed by atoms with Gasteiger partial charge in [0.15, 0.2) is 0 Å². The molecule has 0 amide bonds. The van der Waals surface area contributed by atoms with Crippen molar-refractivity contribution in [3.05, 3.63) is 24.3 Å². The minimum absolute atomic E-state index is 0.113. The number of rotatable bonds is 1. The summed E-state index contributed by atoms with van der Waals surface area (Å²) < 4.78 is 49.9. The van der Waals surface area contributed by atoms with Gasteiger partial charge < -0.3 is 0 Å². The Hall–Kier alpha value is -0.355. The van der Waals surface area contributed by atoms with E-state index in [0.29, 0.717) is 12.1 Å². The molecule has 13 heavy (non-hydrogen) atoms. The first-order chi connectivity index (χ1) is 5.49. The minimum atomic E-state index is -8.54. The molecule has 0 bridgehead atoms. The van der Waals surface area contributed by atoms with Crippen molar-refractivity contribution in [3.63, 3.8) is 0 Å². The summed E-state index contributed by atoms with van der Waals surface area (Å²) in [4.78, 5) is -1.49. The van der Waals surface area contributed by atoms with Gasteiger partial charge in [-0.25, -0.2) is 0 Å². The number of hydrogen-bond donors (Lipinski definition) is 0. The molecule has 2 radical (unpaired) electrons. The van der Waals surface area contributed by atoms with Gasteiger partial charge in [0.25, 0.3) is 9.05 Å². The molecular formula is C6H4BClF4S. The Labute approximate surface area is 78.2 Å². The molecule has 7 heteroatoms. The molecule has 0 fully saturated rings. The molecule has 0 N–H and O–H groups in total. The van der Waals surface area contributed by atoms with Gasteiger partial charge in [-0.05, 0) is 12.1 Å². The third-order valence-corrected chi connectivity index (χ3v) is 3.02. The molecule has 1 rings (SSSR count). The van der Waals surface area contributed by atoms with Gasteiger partial charge in [0, 0.05) is 10.7 Å². The van der Waals surface area contributed by atoms with Gasteiger partial charge in [-0.1, -0.05) is 17.6 Å². The molecule has 1 aromatic carbocycles. The summed E-state index contributed by atoms with van der Waals surface area (Å²) in [6, 6.07) is 2.92. The summed E-state index contributed by atoms with van der Waals surface area (Å²) in [5, 5.41) is 0. The minimum Gasteiger partial charge on any atom is -0.107 e. The van der Waals surface area contributed by atoms with E-state index in [1.165, 1.54) is 0 Å². The Kier molecular flexibility index (Phi) is 1.79. The highest BCUT2D eigenvalue weighted by Gasteiger charge is 2.62. The van der Waals surface area contributed by atoms with E-state index in [-0.39, 0.29) is 5.46 Å². The van der Waals surface area contributed by atoms with Crippen molar-refractivity contribution >= 4 is 33.0 Å². The third kappa shape index (κ3) is 2.81. The Morgan fingerprint density at radius 3 is 1.69 bits per heavy atom. The van der Waals surface area contributed by atoms with Gasteiger partial charge in [0.1, 0.15) is 7.85 Å². The maximum atomic E-state index is 12.5. The normalized spacial score (nSPS) is 17.6. The van der Waals surface area contributed by atoms with Crippen LogP contribution in [0.25, 0.3) is 0 Å². The lowest BCUT2D eigenvalue weighted by molar-refractivity contribution is 0.480. The van der Waals surface area contributed by atoms with Crippen LogP contribution in [0.3, 0.4) is 0 Å². The highest BCUT2D eigenvalue weighted by molar-refractivity contribution is 8.65. The van der Waals surface area contributed by atoms with Crippen LogP contribution in [0.5, 0.6) is 0 Å². The van der Waals surface area contributed by atoms with Gasteiger partial charge in [-0.15, -0.1) is 15.5 Å². The fourth-order valence-electron chi connectivity index (χ4n) is 0.725. The molecule has 1 aromatic rings. The van der Waals surface area contributed by atoms with Crippen LogP contribution in [-0.2, 0) is 0 Å². The molecule has 0 unspecified atom stereocenters. The van der Waals surface area contributed by atoms with Gasteiger partial charge in [0.2, 0.25) is 0 Å². The number of halogens is 5. The molecule has 0 aliphatic carbocycles. The highest BCUT2D eigenvalue weighted by atomic mass is 35.7. The third-order valence-electron chi connectivity index (χ3n) is 1.33. The Balaban J connectivity index is 3.34. The zero-order valence-corrected chi connectivity index (χ0v) is 7.76. The van der Waals surface area contributed by atoms with E-state index in [1.54, 1.807) is 0 Å². The topological polar surface area (TPSA) is 0 Å². The molecule has 0 aliphatic rings. The molecule has 72 valence electrons. The first-order valence-electron chi connectivity index (χ1n) is 3.09. The fourth-order valence-corrected chi connectivity index (χ4v) is 1.68. The summed E-state index contributed by atoms with van der Waals surface area (Å²) in [6.45, 7) is 0. The maximum absolute atomic E-state index is 12.5. The van der Waals surface area contributed by atoms with Crippen LogP contribution in [0, 0.1) is 0 Å². The highest BCUT2D eigenvalue weighted by Crippen LogP contribution is 3.04. The first-order valence-corrected chi connectivity index (χ1v) is 5.96. The van der Waals surface area contributed by atoms with Crippen LogP contribution in [0.15, 0.2) is 29.2 Å². The van der Waals surface area contributed by atoms with E-state index in [2.05, 4.69) is 10.7 Å². The molecule has 0 aromatic heterocycles. The Morgan fingerprint density at radius 2 is 1.38 bits per heavy atom. The van der Waals surface area contributed by atoms with Gasteiger partial charge >= 0.3 is 0 Å². The van der Waals surface area contributed by atoms with Gasteiger partial charge in [-0.2, -0.15) is 0 Å². The predicted octanol–water partition coefficient (Wildman–Crippen LogP) is 3.41. The lowest BCUT2D eigenvalue weighted by Crippen LogP contribution is -2.07. The molecule has 0 saturated carbocycles. The summed E-state index contributed by atoms with van der Waals surface area (Å²) in [5.41, 5.74) is 0.113. The standard InChI is InChI=1S/C6H4BClF4S/c7-5-1-3-6(4-2-5)13(8,9,10,11)12/h1-4H. The summed E-state index contributed by atoms with van der Waals surface area (Å²) in [6.07, 6.45) is 0. The van der Waals surface area contributed by atoms with E-state index in [9.17, 15) is 15.5 Å². The van der Waals surface area contributed by atoms with Crippen molar-refractivity contribution in [1.29, 1.82) is 0 Å². The van der Waals surface area contributed by atoms with Crippen LogP contribution in [0.2, 0.25) is 0 Å². The number of hydrogen-bond acceptors (Lipinski definition) is 0. The van der Waals surface area contributed by atoms with E-state index in [4.69, 9.17) is 7.85 Å². The second-order valence-corrected chi connectivity index (χ2v) is 6.81. The molecule has 0 atom stereocenters. The van der Waals surface area contributed by atoms with Crippen molar-refractivity contribution < 1.29 is 15.5 Å². The lowest BCUT2D eigenvalue weighted by atomic mass is 9.97. The summed E-state index contributed by atoms with van der Waals surface area (Å²) >= 11 is 0. The molecule has 0 aliphatic heterocycles. The molecule has 0 spiro atoms. The van der Waals surface area contributed by atoms with Crippen molar-refractivity contribution in [1.82, 2.24) is 0 Å². The van der Waals surface area contributed by atoms with Crippen molar-refractivity contribution in [2.24, 2.45) is 0 Å². The van der Waals surface area contributed by atoms with Crippen LogP contribution < -0.4 is 5.46 Å². The Bertz CT molecular complexity index is 329. The quantitative estimate of drug-likeness (QED) is 0.512. The zero-order valence-electron chi connectivity index (χ0n) is 6.18. The summed E-state index contributed by atoms with van der Waals surface area (Å²) in [5.74, 6) is 0. The fraction of sp³-hybridized carbons (Fsp3) is 0. The van der Waals surface area contributed by atoms with Crippen molar-refractivity contribution in [3.8, 4) is 0 Å². The van der Waals surface area contributed by atoms with E-state index in [1.807, 2.05) is 0 Å². The molecule has 0 heterocycles. The van der Waals surface area contributed by atoms with E-state index < -0.39 is 13.9 Å². The molecule has 0 nitrogen and oxygen atoms in total. The zero-order chi connectivity index (χ0) is 10.4.